The van der Waals surface area contributed by atoms with Gasteiger partial charge in [0.2, 0.25) is 0 Å². The van der Waals surface area contributed by atoms with Crippen molar-refractivity contribution in [3.63, 3.8) is 0 Å². The molecule has 4 N–H and O–H groups in total. The van der Waals surface area contributed by atoms with Crippen LogP contribution < -0.4 is 0 Å². The Hall–Kier alpha value is 1.24. The Morgan fingerprint density at radius 2 is 1.06 bits per heavy atom. The van der Waals surface area contributed by atoms with Crippen LogP contribution in [-0.2, 0) is 0 Å². The molecule has 0 aliphatic heterocycles. The van der Waals surface area contributed by atoms with Gasteiger partial charge in [-0.15, -0.1) is 0 Å². The first-order chi connectivity index (χ1) is 7.20. The maximum Gasteiger partial charge on any atom is 0.0869 e. The molecule has 0 aromatic carbocycles. The molecule has 8 heteroatoms. The molecule has 0 fully saturated rings. The van der Waals surface area contributed by atoms with E-state index in [2.05, 4.69) is 0 Å². The van der Waals surface area contributed by atoms with Crippen LogP contribution in [0, 0.1) is 0 Å². The van der Waals surface area contributed by atoms with Gasteiger partial charge in [0, 0.05) is 11.5 Å². The summed E-state index contributed by atoms with van der Waals surface area (Å²) < 4.78 is 0. The second-order valence-corrected chi connectivity index (χ2v) is 7.98. The number of hydrogen-bond acceptors (Lipinski definition) is 8. The van der Waals surface area contributed by atoms with E-state index in [0.29, 0.717) is 11.5 Å². The Morgan fingerprint density at radius 1 is 0.706 bits per heavy atom. The largest absolute Gasteiger partial charge is 0.394 e. The van der Waals surface area contributed by atoms with Gasteiger partial charge in [-0.2, -0.15) is 0 Å². The Labute approximate surface area is 120 Å². The molecule has 0 aromatic rings. The Balaban J connectivity index is -0.000000980. The SMILES string of the molecule is C.C.OCC(O)CSSCSSCC(O)CO. The second-order valence-electron chi connectivity index (χ2n) is 2.60. The zero-order valence-corrected chi connectivity index (χ0v) is 11.4. The van der Waals surface area contributed by atoms with Gasteiger partial charge in [0.1, 0.15) is 0 Å². The lowest BCUT2D eigenvalue weighted by Crippen LogP contribution is -2.14. The van der Waals surface area contributed by atoms with E-state index in [-0.39, 0.29) is 28.1 Å². The molecule has 2 unspecified atom stereocenters. The Bertz CT molecular complexity index is 128. The van der Waals surface area contributed by atoms with Crippen molar-refractivity contribution in [3.8, 4) is 0 Å². The third kappa shape index (κ3) is 17.2. The molecule has 0 aromatic heterocycles. The molecule has 0 bridgehead atoms. The summed E-state index contributed by atoms with van der Waals surface area (Å²) in [4.78, 5) is 0. The second kappa shape index (κ2) is 17.2. The van der Waals surface area contributed by atoms with Crippen LogP contribution in [0.25, 0.3) is 0 Å². The zero-order chi connectivity index (χ0) is 11.5. The molecule has 0 amide bonds. The van der Waals surface area contributed by atoms with E-state index in [4.69, 9.17) is 20.4 Å². The van der Waals surface area contributed by atoms with Crippen LogP contribution in [0.15, 0.2) is 0 Å². The van der Waals surface area contributed by atoms with Crippen LogP contribution in [0.1, 0.15) is 14.9 Å². The van der Waals surface area contributed by atoms with Gasteiger partial charge < -0.3 is 20.4 Å². The van der Waals surface area contributed by atoms with Gasteiger partial charge in [-0.05, 0) is 0 Å². The highest BCUT2D eigenvalue weighted by Gasteiger charge is 2.03. The topological polar surface area (TPSA) is 80.9 Å². The van der Waals surface area contributed by atoms with Crippen molar-refractivity contribution in [2.24, 2.45) is 0 Å². The summed E-state index contributed by atoms with van der Waals surface area (Å²) in [7, 11) is 6.22. The molecule has 17 heavy (non-hydrogen) atoms. The minimum atomic E-state index is -0.642. The summed E-state index contributed by atoms with van der Waals surface area (Å²) in [5, 5.41) is 35.9. The van der Waals surface area contributed by atoms with E-state index >= 15 is 0 Å². The number of aliphatic hydroxyl groups excluding tert-OH is 4. The molecule has 2 atom stereocenters. The first kappa shape index (κ1) is 23.3. The Morgan fingerprint density at radius 3 is 1.35 bits per heavy atom. The van der Waals surface area contributed by atoms with Crippen molar-refractivity contribution in [2.45, 2.75) is 27.1 Å². The van der Waals surface area contributed by atoms with E-state index in [1.807, 2.05) is 0 Å². The van der Waals surface area contributed by atoms with Crippen molar-refractivity contribution < 1.29 is 20.4 Å². The maximum absolute atomic E-state index is 9.01. The average molecular weight is 325 g/mol. The average Bonchev–Trinajstić information content (AvgIpc) is 2.26. The van der Waals surface area contributed by atoms with E-state index in [9.17, 15) is 0 Å². The molecule has 0 saturated heterocycles. The third-order valence-corrected chi connectivity index (χ3v) is 6.90. The first-order valence-electron chi connectivity index (χ1n) is 4.27. The van der Waals surface area contributed by atoms with Crippen molar-refractivity contribution in [1.82, 2.24) is 0 Å². The Kier molecular flexibility index (Phi) is 23.7. The van der Waals surface area contributed by atoms with Crippen molar-refractivity contribution in [1.29, 1.82) is 0 Å². The summed E-state index contributed by atoms with van der Waals surface area (Å²) in [6, 6.07) is 0. The van der Waals surface area contributed by atoms with Gasteiger partial charge in [-0.25, -0.2) is 0 Å². The van der Waals surface area contributed by atoms with Crippen molar-refractivity contribution in [3.05, 3.63) is 0 Å². The molecule has 0 heterocycles. The number of aliphatic hydroxyl groups is 4. The molecule has 0 rings (SSSR count). The molecule has 108 valence electrons. The lowest BCUT2D eigenvalue weighted by atomic mass is 10.4. The van der Waals surface area contributed by atoms with Crippen LogP contribution in [0.3, 0.4) is 0 Å². The van der Waals surface area contributed by atoms with Crippen LogP contribution in [0.2, 0.25) is 0 Å². The van der Waals surface area contributed by atoms with Crippen molar-refractivity contribution >= 4 is 43.2 Å². The lowest BCUT2D eigenvalue weighted by Gasteiger charge is -2.06. The van der Waals surface area contributed by atoms with Gasteiger partial charge in [0.15, 0.2) is 0 Å². The number of hydrogen-bond donors (Lipinski definition) is 4. The quantitative estimate of drug-likeness (QED) is 0.275. The van der Waals surface area contributed by atoms with Gasteiger partial charge in [0.05, 0.1) is 30.5 Å². The van der Waals surface area contributed by atoms with E-state index in [0.717, 1.165) is 5.08 Å². The highest BCUT2D eigenvalue weighted by atomic mass is 33.1. The van der Waals surface area contributed by atoms with Crippen LogP contribution in [0.5, 0.6) is 0 Å². The van der Waals surface area contributed by atoms with Crippen LogP contribution >= 0.6 is 43.2 Å². The minimum absolute atomic E-state index is 0. The lowest BCUT2D eigenvalue weighted by molar-refractivity contribution is 0.114. The first-order valence-corrected chi connectivity index (χ1v) is 9.25. The maximum atomic E-state index is 9.01. The fourth-order valence-corrected chi connectivity index (χ4v) is 6.02. The smallest absolute Gasteiger partial charge is 0.0869 e. The molecule has 0 saturated carbocycles. The minimum Gasteiger partial charge on any atom is -0.394 e. The van der Waals surface area contributed by atoms with Crippen LogP contribution in [-0.4, -0.2) is 62.4 Å². The molecular formula is C9H24O4S4. The van der Waals surface area contributed by atoms with E-state index < -0.39 is 12.2 Å². The third-order valence-electron chi connectivity index (χ3n) is 1.21. The molecule has 0 spiro atoms. The van der Waals surface area contributed by atoms with Crippen LogP contribution in [0.4, 0.5) is 0 Å². The van der Waals surface area contributed by atoms with E-state index in [1.165, 1.54) is 21.6 Å². The summed E-state index contributed by atoms with van der Waals surface area (Å²) in [5.41, 5.74) is 0. The van der Waals surface area contributed by atoms with Gasteiger partial charge >= 0.3 is 0 Å². The molecule has 0 aliphatic carbocycles. The summed E-state index contributed by atoms with van der Waals surface area (Å²) >= 11 is 0. The normalized spacial score (nSPS) is 13.4. The van der Waals surface area contributed by atoms with Gasteiger partial charge in [0.25, 0.3) is 0 Å². The fraction of sp³-hybridized carbons (Fsp3) is 1.00. The van der Waals surface area contributed by atoms with Gasteiger partial charge in [-0.1, -0.05) is 58.0 Å². The highest BCUT2D eigenvalue weighted by molar-refractivity contribution is 8.85. The van der Waals surface area contributed by atoms with Crippen molar-refractivity contribution in [2.75, 3.05) is 29.8 Å². The number of rotatable bonds is 10. The molecular weight excluding hydrogens is 300 g/mol. The molecule has 0 aliphatic rings. The molecule has 0 radical (unpaired) electrons. The predicted molar refractivity (Wildman–Crippen MR) is 84.6 cm³/mol. The standard InChI is InChI=1S/C7H16O4S4.2CH4/c8-1-6(10)3-12-14-5-15-13-4-7(11)2-9;;/h6-11H,1-5H2;2*1H4. The molecule has 4 nitrogen and oxygen atoms in total. The summed E-state index contributed by atoms with van der Waals surface area (Å²) in [6.07, 6.45) is -1.28. The fourth-order valence-electron chi connectivity index (χ4n) is 0.446. The highest BCUT2D eigenvalue weighted by Crippen LogP contribution is 2.32. The summed E-state index contributed by atoms with van der Waals surface area (Å²) in [6.45, 7) is -0.393. The van der Waals surface area contributed by atoms with E-state index in [1.54, 1.807) is 21.6 Å². The predicted octanol–water partition coefficient (Wildman–Crippen LogP) is 1.69. The van der Waals surface area contributed by atoms with Gasteiger partial charge in [-0.3, -0.25) is 0 Å². The monoisotopic (exact) mass is 324 g/mol. The summed E-state index contributed by atoms with van der Waals surface area (Å²) in [5.74, 6) is 1.04. The zero-order valence-electron chi connectivity index (χ0n) is 8.11.